The van der Waals surface area contributed by atoms with E-state index in [4.69, 9.17) is 21.4 Å². The van der Waals surface area contributed by atoms with Crippen molar-refractivity contribution < 1.29 is 9.94 Å². The summed E-state index contributed by atoms with van der Waals surface area (Å²) in [6.45, 7) is 0.0948. The van der Waals surface area contributed by atoms with Crippen molar-refractivity contribution in [3.05, 3.63) is 6.20 Å². The molecular weight excluding hydrogens is 148 g/mol. The predicted octanol–water partition coefficient (Wildman–Crippen LogP) is -1.53. The Kier molecular flexibility index (Phi) is 2.17. The monoisotopic (exact) mass is 158 g/mol. The van der Waals surface area contributed by atoms with Gasteiger partial charge < -0.3 is 21.4 Å². The quantitative estimate of drug-likeness (QED) is 0.495. The molecule has 0 aliphatic carbocycles. The molecule has 0 saturated heterocycles. The van der Waals surface area contributed by atoms with Crippen molar-refractivity contribution in [1.82, 2.24) is 9.71 Å². The van der Waals surface area contributed by atoms with E-state index in [2.05, 4.69) is 4.98 Å². The first-order valence-corrected chi connectivity index (χ1v) is 3.08. The fraction of sp³-hybridized carbons (Fsp3) is 0.400. The Labute approximate surface area is 63.3 Å². The molecule has 0 aromatic carbocycles. The topological polar surface area (TPSA) is 99.3 Å². The van der Waals surface area contributed by atoms with Crippen molar-refractivity contribution in [1.29, 1.82) is 0 Å². The second kappa shape index (κ2) is 3.11. The average molecular weight is 158 g/mol. The summed E-state index contributed by atoms with van der Waals surface area (Å²) in [5.41, 5.74) is 10.6. The SMILES string of the molecule is Nc1cn(OCCO)c(N)n1. The standard InChI is InChI=1S/C5H10N4O2/c6-4-3-9(5(7)8-4)11-2-1-10/h3,10H,1-2,6H2,(H2,7,8). The first-order valence-electron chi connectivity index (χ1n) is 3.08. The van der Waals surface area contributed by atoms with Gasteiger partial charge in [0.2, 0.25) is 5.95 Å². The van der Waals surface area contributed by atoms with Crippen molar-refractivity contribution in [3.8, 4) is 0 Å². The minimum atomic E-state index is -0.0719. The number of nitrogen functional groups attached to an aromatic ring is 2. The minimum Gasteiger partial charge on any atom is -0.408 e. The molecule has 0 aliphatic rings. The maximum atomic E-state index is 8.39. The first kappa shape index (κ1) is 7.67. The van der Waals surface area contributed by atoms with Gasteiger partial charge in [-0.3, -0.25) is 0 Å². The summed E-state index contributed by atoms with van der Waals surface area (Å²) in [5, 5.41) is 8.39. The van der Waals surface area contributed by atoms with Crippen LogP contribution in [0, 0.1) is 0 Å². The Morgan fingerprint density at radius 2 is 2.36 bits per heavy atom. The van der Waals surface area contributed by atoms with Gasteiger partial charge in [0.25, 0.3) is 0 Å². The number of hydrogen-bond acceptors (Lipinski definition) is 5. The Morgan fingerprint density at radius 1 is 1.64 bits per heavy atom. The Hall–Kier alpha value is -1.43. The molecule has 6 heteroatoms. The van der Waals surface area contributed by atoms with Gasteiger partial charge >= 0.3 is 0 Å². The maximum Gasteiger partial charge on any atom is 0.236 e. The summed E-state index contributed by atoms with van der Waals surface area (Å²) in [6.07, 6.45) is 1.44. The lowest BCUT2D eigenvalue weighted by Crippen LogP contribution is -2.16. The third-order valence-electron chi connectivity index (χ3n) is 1.04. The van der Waals surface area contributed by atoms with Crippen LogP contribution in [0.4, 0.5) is 11.8 Å². The number of rotatable bonds is 3. The molecule has 0 amide bonds. The third kappa shape index (κ3) is 1.74. The van der Waals surface area contributed by atoms with Gasteiger partial charge in [-0.2, -0.15) is 9.71 Å². The molecule has 0 unspecified atom stereocenters. The minimum absolute atomic E-state index is 0.0719. The molecule has 62 valence electrons. The van der Waals surface area contributed by atoms with E-state index in [1.54, 1.807) is 0 Å². The zero-order chi connectivity index (χ0) is 8.27. The van der Waals surface area contributed by atoms with Crippen LogP contribution in [0.3, 0.4) is 0 Å². The first-order chi connectivity index (χ1) is 5.24. The molecule has 6 nitrogen and oxygen atoms in total. The van der Waals surface area contributed by atoms with E-state index >= 15 is 0 Å². The highest BCUT2D eigenvalue weighted by molar-refractivity contribution is 5.33. The van der Waals surface area contributed by atoms with Crippen LogP contribution in [0.5, 0.6) is 0 Å². The van der Waals surface area contributed by atoms with Crippen molar-refractivity contribution in [3.63, 3.8) is 0 Å². The van der Waals surface area contributed by atoms with Crippen LogP contribution >= 0.6 is 0 Å². The molecule has 0 radical (unpaired) electrons. The summed E-state index contributed by atoms with van der Waals surface area (Å²) in [6, 6.07) is 0. The lowest BCUT2D eigenvalue weighted by Gasteiger charge is -2.03. The van der Waals surface area contributed by atoms with Gasteiger partial charge in [-0.05, 0) is 0 Å². The Balaban J connectivity index is 2.62. The molecule has 1 aromatic rings. The second-order valence-electron chi connectivity index (χ2n) is 1.91. The molecule has 5 N–H and O–H groups in total. The van der Waals surface area contributed by atoms with Gasteiger partial charge in [0.15, 0.2) is 0 Å². The number of hydrogen-bond donors (Lipinski definition) is 3. The molecule has 1 rings (SSSR count). The maximum absolute atomic E-state index is 8.39. The second-order valence-corrected chi connectivity index (χ2v) is 1.91. The summed E-state index contributed by atoms with van der Waals surface area (Å²) in [7, 11) is 0. The van der Waals surface area contributed by atoms with E-state index in [9.17, 15) is 0 Å². The number of nitrogens with two attached hydrogens (primary N) is 2. The number of aromatic nitrogens is 2. The summed E-state index contributed by atoms with van der Waals surface area (Å²) in [5.74, 6) is 0.469. The fourth-order valence-corrected chi connectivity index (χ4v) is 0.639. The Morgan fingerprint density at radius 3 is 2.82 bits per heavy atom. The van der Waals surface area contributed by atoms with E-state index in [-0.39, 0.29) is 19.2 Å². The van der Waals surface area contributed by atoms with Gasteiger partial charge in [-0.25, -0.2) is 0 Å². The molecule has 0 atom stereocenters. The lowest BCUT2D eigenvalue weighted by molar-refractivity contribution is 0.0792. The van der Waals surface area contributed by atoms with Crippen LogP contribution in [0.1, 0.15) is 0 Å². The molecule has 1 aromatic heterocycles. The number of aliphatic hydroxyl groups excluding tert-OH is 1. The highest BCUT2D eigenvalue weighted by atomic mass is 16.7. The highest BCUT2D eigenvalue weighted by Crippen LogP contribution is 2.02. The molecule has 0 fully saturated rings. The van der Waals surface area contributed by atoms with Gasteiger partial charge in [0, 0.05) is 0 Å². The Bertz CT molecular complexity index is 234. The van der Waals surface area contributed by atoms with Crippen molar-refractivity contribution in [2.75, 3.05) is 24.7 Å². The van der Waals surface area contributed by atoms with Gasteiger partial charge in [0.1, 0.15) is 12.4 Å². The van der Waals surface area contributed by atoms with Crippen molar-refractivity contribution in [2.45, 2.75) is 0 Å². The largest absolute Gasteiger partial charge is 0.408 e. The van der Waals surface area contributed by atoms with Gasteiger partial charge in [-0.1, -0.05) is 0 Å². The van der Waals surface area contributed by atoms with Crippen LogP contribution in [0.15, 0.2) is 6.20 Å². The van der Waals surface area contributed by atoms with Gasteiger partial charge in [0.05, 0.1) is 12.8 Å². The smallest absolute Gasteiger partial charge is 0.236 e. The van der Waals surface area contributed by atoms with Crippen LogP contribution in [-0.4, -0.2) is 28.0 Å². The van der Waals surface area contributed by atoms with E-state index in [0.29, 0.717) is 5.82 Å². The molecule has 11 heavy (non-hydrogen) atoms. The van der Waals surface area contributed by atoms with Crippen molar-refractivity contribution >= 4 is 11.8 Å². The van der Waals surface area contributed by atoms with E-state index < -0.39 is 0 Å². The predicted molar refractivity (Wildman–Crippen MR) is 39.6 cm³/mol. The normalized spacial score (nSPS) is 9.91. The summed E-state index contributed by atoms with van der Waals surface area (Å²) >= 11 is 0. The van der Waals surface area contributed by atoms with Crippen LogP contribution in [0.25, 0.3) is 0 Å². The number of aliphatic hydroxyl groups is 1. The summed E-state index contributed by atoms with van der Waals surface area (Å²) < 4.78 is 1.21. The fourth-order valence-electron chi connectivity index (χ4n) is 0.639. The van der Waals surface area contributed by atoms with E-state index in [1.165, 1.54) is 10.9 Å². The molecule has 0 aliphatic heterocycles. The van der Waals surface area contributed by atoms with Crippen LogP contribution < -0.4 is 16.3 Å². The highest BCUT2D eigenvalue weighted by Gasteiger charge is 2.00. The van der Waals surface area contributed by atoms with E-state index in [0.717, 1.165) is 0 Å². The molecule has 1 heterocycles. The van der Waals surface area contributed by atoms with Crippen molar-refractivity contribution in [2.24, 2.45) is 0 Å². The average Bonchev–Trinajstić information content (AvgIpc) is 2.26. The molecule has 0 spiro atoms. The van der Waals surface area contributed by atoms with Gasteiger partial charge in [-0.15, -0.1) is 0 Å². The number of anilines is 2. The zero-order valence-electron chi connectivity index (χ0n) is 5.90. The summed E-state index contributed by atoms with van der Waals surface area (Å²) in [4.78, 5) is 8.58. The zero-order valence-corrected chi connectivity index (χ0v) is 5.90. The molecule has 0 saturated carbocycles. The third-order valence-corrected chi connectivity index (χ3v) is 1.04. The number of imidazole rings is 1. The molecular formula is C5H10N4O2. The number of nitrogens with zero attached hydrogens (tertiary/aromatic N) is 2. The van der Waals surface area contributed by atoms with Crippen LogP contribution in [-0.2, 0) is 0 Å². The lowest BCUT2D eigenvalue weighted by atomic mass is 10.8. The van der Waals surface area contributed by atoms with E-state index in [1.807, 2.05) is 0 Å². The molecule has 0 bridgehead atoms. The van der Waals surface area contributed by atoms with Crippen LogP contribution in [0.2, 0.25) is 0 Å².